The third-order valence-electron chi connectivity index (χ3n) is 2.48. The van der Waals surface area contributed by atoms with Crippen molar-refractivity contribution in [3.63, 3.8) is 0 Å². The quantitative estimate of drug-likeness (QED) is 0.844. The average molecular weight is 262 g/mol. The molecule has 2 rings (SSSR count). The first-order valence-corrected chi connectivity index (χ1v) is 7.03. The van der Waals surface area contributed by atoms with E-state index >= 15 is 0 Å². The largest absolute Gasteiger partial charge is 0.384 e. The highest BCUT2D eigenvalue weighted by Crippen LogP contribution is 2.33. The van der Waals surface area contributed by atoms with Gasteiger partial charge >= 0.3 is 0 Å². The van der Waals surface area contributed by atoms with E-state index in [1.807, 2.05) is 12.1 Å². The highest BCUT2D eigenvalue weighted by atomic mass is 35.5. The molecule has 88 valence electrons. The van der Waals surface area contributed by atoms with Gasteiger partial charge in [-0.1, -0.05) is 17.7 Å². The summed E-state index contributed by atoms with van der Waals surface area (Å²) in [6.07, 6.45) is 1.05. The van der Waals surface area contributed by atoms with Crippen molar-refractivity contribution in [3.8, 4) is 0 Å². The molecule has 0 saturated heterocycles. The number of hydrogen-bond acceptors (Lipinski definition) is 4. The number of benzene rings is 1. The molecule has 0 radical (unpaired) electrons. The predicted octanol–water partition coefficient (Wildman–Crippen LogP) is 1.83. The van der Waals surface area contributed by atoms with Crippen molar-refractivity contribution >= 4 is 27.4 Å². The number of halogens is 1. The van der Waals surface area contributed by atoms with Crippen molar-refractivity contribution in [2.24, 2.45) is 0 Å². The maximum absolute atomic E-state index is 10.9. The summed E-state index contributed by atoms with van der Waals surface area (Å²) < 4.78 is 26.6. The van der Waals surface area contributed by atoms with Crippen LogP contribution in [-0.4, -0.2) is 27.8 Å². The molecular weight excluding hydrogens is 250 g/mol. The summed E-state index contributed by atoms with van der Waals surface area (Å²) in [7, 11) is -3.38. The second kappa shape index (κ2) is 4.24. The van der Waals surface area contributed by atoms with Gasteiger partial charge in [0.1, 0.15) is 0 Å². The van der Waals surface area contributed by atoms with Crippen LogP contribution >= 0.6 is 11.6 Å². The molecule has 0 amide bonds. The van der Waals surface area contributed by atoms with Gasteiger partial charge in [-0.2, -0.15) is 8.42 Å². The lowest BCUT2D eigenvalue weighted by Crippen LogP contribution is -2.13. The first-order chi connectivity index (χ1) is 7.46. The van der Waals surface area contributed by atoms with Crippen LogP contribution in [0.25, 0.3) is 0 Å². The topological polar surface area (TPSA) is 55.4 Å². The van der Waals surface area contributed by atoms with Crippen LogP contribution in [0, 0.1) is 0 Å². The zero-order valence-corrected chi connectivity index (χ0v) is 10.3. The Morgan fingerprint density at radius 1 is 1.56 bits per heavy atom. The van der Waals surface area contributed by atoms with Crippen LogP contribution < -0.4 is 5.32 Å². The average Bonchev–Trinajstić information content (AvgIpc) is 2.56. The molecule has 1 unspecified atom stereocenters. The molecule has 0 aromatic heterocycles. The van der Waals surface area contributed by atoms with Gasteiger partial charge in [0.05, 0.1) is 12.9 Å². The highest BCUT2D eigenvalue weighted by molar-refractivity contribution is 7.85. The second-order valence-electron chi connectivity index (χ2n) is 3.80. The summed E-state index contributed by atoms with van der Waals surface area (Å²) in [6, 6.07) is 5.52. The van der Waals surface area contributed by atoms with Crippen molar-refractivity contribution in [2.75, 3.05) is 24.7 Å². The molecule has 1 aromatic carbocycles. The second-order valence-corrected chi connectivity index (χ2v) is 5.88. The van der Waals surface area contributed by atoms with Gasteiger partial charge in [-0.3, -0.25) is 4.18 Å². The van der Waals surface area contributed by atoms with Gasteiger partial charge in [-0.25, -0.2) is 0 Å². The van der Waals surface area contributed by atoms with Gasteiger partial charge in [0.2, 0.25) is 0 Å². The van der Waals surface area contributed by atoms with Gasteiger partial charge in [-0.05, 0) is 17.7 Å². The molecule has 1 atom stereocenters. The third kappa shape index (κ3) is 2.66. The maximum atomic E-state index is 10.9. The number of fused-ring (bicyclic) bond motifs is 1. The van der Waals surface area contributed by atoms with Crippen LogP contribution in [0.3, 0.4) is 0 Å². The van der Waals surface area contributed by atoms with E-state index in [2.05, 4.69) is 5.32 Å². The molecule has 0 fully saturated rings. The Balaban J connectivity index is 2.12. The lowest BCUT2D eigenvalue weighted by atomic mass is 10.0. The fourth-order valence-electron chi connectivity index (χ4n) is 1.74. The molecule has 16 heavy (non-hydrogen) atoms. The summed E-state index contributed by atoms with van der Waals surface area (Å²) in [5.41, 5.74) is 2.00. The molecule has 4 nitrogen and oxygen atoms in total. The Kier molecular flexibility index (Phi) is 3.10. The first-order valence-electron chi connectivity index (χ1n) is 4.83. The van der Waals surface area contributed by atoms with Crippen LogP contribution in [-0.2, 0) is 14.3 Å². The van der Waals surface area contributed by atoms with Crippen LogP contribution in [0.2, 0.25) is 5.02 Å². The normalized spacial score (nSPS) is 19.2. The molecule has 0 saturated carbocycles. The molecule has 1 aliphatic rings. The lowest BCUT2D eigenvalue weighted by Gasteiger charge is -2.09. The lowest BCUT2D eigenvalue weighted by molar-refractivity contribution is 0.301. The summed E-state index contributed by atoms with van der Waals surface area (Å²) >= 11 is 5.85. The number of anilines is 1. The molecule has 0 aliphatic carbocycles. The van der Waals surface area contributed by atoms with E-state index in [1.165, 1.54) is 0 Å². The minimum absolute atomic E-state index is 0.0574. The van der Waals surface area contributed by atoms with E-state index < -0.39 is 10.1 Å². The Morgan fingerprint density at radius 3 is 3.00 bits per heavy atom. The minimum atomic E-state index is -3.38. The van der Waals surface area contributed by atoms with Crippen molar-refractivity contribution in [1.29, 1.82) is 0 Å². The number of nitrogens with one attached hydrogen (secondary N) is 1. The highest BCUT2D eigenvalue weighted by Gasteiger charge is 2.23. The predicted molar refractivity (Wildman–Crippen MR) is 63.5 cm³/mol. The Hall–Kier alpha value is -0.780. The van der Waals surface area contributed by atoms with E-state index in [0.29, 0.717) is 11.6 Å². The Bertz CT molecular complexity index is 501. The standard InChI is InChI=1S/C10H12ClNO3S/c1-16(13,14)15-6-7-5-12-10-4-8(11)2-3-9(7)10/h2-4,7,12H,5-6H2,1H3. The molecule has 0 spiro atoms. The SMILES string of the molecule is CS(=O)(=O)OCC1CNc2cc(Cl)ccc21. The zero-order chi connectivity index (χ0) is 11.8. The van der Waals surface area contributed by atoms with Crippen LogP contribution in [0.15, 0.2) is 18.2 Å². The third-order valence-corrected chi connectivity index (χ3v) is 3.28. The number of hydrogen-bond donors (Lipinski definition) is 1. The number of rotatable bonds is 3. The van der Waals surface area contributed by atoms with Crippen LogP contribution in [0.1, 0.15) is 11.5 Å². The maximum Gasteiger partial charge on any atom is 0.264 e. The van der Waals surface area contributed by atoms with E-state index in [9.17, 15) is 8.42 Å². The fraction of sp³-hybridized carbons (Fsp3) is 0.400. The van der Waals surface area contributed by atoms with Gasteiger partial charge < -0.3 is 5.32 Å². The van der Waals surface area contributed by atoms with Gasteiger partial charge in [0.25, 0.3) is 10.1 Å². The molecule has 0 bridgehead atoms. The Morgan fingerprint density at radius 2 is 2.31 bits per heavy atom. The van der Waals surface area contributed by atoms with E-state index in [0.717, 1.165) is 17.5 Å². The zero-order valence-electron chi connectivity index (χ0n) is 8.73. The summed E-state index contributed by atoms with van der Waals surface area (Å²) in [6.45, 7) is 0.839. The van der Waals surface area contributed by atoms with Gasteiger partial charge in [0, 0.05) is 23.2 Å². The molecule has 6 heteroatoms. The van der Waals surface area contributed by atoms with Gasteiger partial charge in [0.15, 0.2) is 0 Å². The monoisotopic (exact) mass is 261 g/mol. The smallest absolute Gasteiger partial charge is 0.264 e. The molecule has 1 aromatic rings. The van der Waals surface area contributed by atoms with Crippen molar-refractivity contribution < 1.29 is 12.6 Å². The van der Waals surface area contributed by atoms with Crippen LogP contribution in [0.5, 0.6) is 0 Å². The van der Waals surface area contributed by atoms with Crippen molar-refractivity contribution in [3.05, 3.63) is 28.8 Å². The van der Waals surface area contributed by atoms with E-state index in [4.69, 9.17) is 15.8 Å². The molecule has 1 N–H and O–H groups in total. The fourth-order valence-corrected chi connectivity index (χ4v) is 2.32. The minimum Gasteiger partial charge on any atom is -0.384 e. The summed E-state index contributed by atoms with van der Waals surface area (Å²) in [4.78, 5) is 0. The van der Waals surface area contributed by atoms with Gasteiger partial charge in [-0.15, -0.1) is 0 Å². The molecule has 1 heterocycles. The van der Waals surface area contributed by atoms with Crippen molar-refractivity contribution in [1.82, 2.24) is 0 Å². The van der Waals surface area contributed by atoms with Crippen LogP contribution in [0.4, 0.5) is 5.69 Å². The Labute approximate surface area is 99.7 Å². The van der Waals surface area contributed by atoms with E-state index in [-0.39, 0.29) is 12.5 Å². The summed E-state index contributed by atoms with van der Waals surface area (Å²) in [5.74, 6) is 0.0574. The van der Waals surface area contributed by atoms with E-state index in [1.54, 1.807) is 6.07 Å². The molecular formula is C10H12ClNO3S. The molecule has 1 aliphatic heterocycles. The summed E-state index contributed by atoms with van der Waals surface area (Å²) in [5, 5.41) is 3.83. The van der Waals surface area contributed by atoms with Crippen molar-refractivity contribution in [2.45, 2.75) is 5.92 Å². The first kappa shape index (κ1) is 11.7.